The maximum atomic E-state index is 15.4. The molecule has 0 aliphatic rings. The van der Waals surface area contributed by atoms with Crippen LogP contribution in [0.4, 0.5) is 4.39 Å². The molecule has 1 aromatic heterocycles. The smallest absolute Gasteiger partial charge is 0.335 e. The van der Waals surface area contributed by atoms with Crippen LogP contribution in [0.2, 0.25) is 0 Å². The number of aryl methyl sites for hydroxylation is 1. The topological polar surface area (TPSA) is 65.7 Å². The number of carbonyl (C=O) groups excluding carboxylic acids is 2. The van der Waals surface area contributed by atoms with Gasteiger partial charge in [0.05, 0.1) is 0 Å². The summed E-state index contributed by atoms with van der Waals surface area (Å²) in [6.45, 7) is 8.46. The predicted octanol–water partition coefficient (Wildman–Crippen LogP) is 5.88. The monoisotopic (exact) mass is 416 g/mol. The van der Waals surface area contributed by atoms with Gasteiger partial charge in [0.25, 0.3) is 0 Å². The molecule has 0 fully saturated rings. The van der Waals surface area contributed by atoms with Gasteiger partial charge in [0.1, 0.15) is 17.1 Å². The van der Waals surface area contributed by atoms with Crippen LogP contribution < -0.4 is 9.47 Å². The molecule has 4 aromatic rings. The third-order valence-corrected chi connectivity index (χ3v) is 4.88. The van der Waals surface area contributed by atoms with Crippen molar-refractivity contribution in [2.45, 2.75) is 6.92 Å². The number of fused-ring (bicyclic) bond motifs is 3. The quantitative estimate of drug-likeness (QED) is 0.231. The van der Waals surface area contributed by atoms with Crippen LogP contribution in [0.25, 0.3) is 33.1 Å². The van der Waals surface area contributed by atoms with Crippen molar-refractivity contribution in [1.82, 2.24) is 0 Å². The summed E-state index contributed by atoms with van der Waals surface area (Å²) < 4.78 is 31.5. The number of carbonyl (C=O) groups is 2. The summed E-state index contributed by atoms with van der Waals surface area (Å²) in [7, 11) is 0. The highest BCUT2D eigenvalue weighted by molar-refractivity contribution is 6.07. The molecule has 3 aromatic carbocycles. The highest BCUT2D eigenvalue weighted by atomic mass is 19.1. The number of ether oxygens (including phenoxy) is 2. The predicted molar refractivity (Wildman–Crippen MR) is 116 cm³/mol. The zero-order valence-electron chi connectivity index (χ0n) is 16.6. The van der Waals surface area contributed by atoms with Crippen molar-refractivity contribution in [1.29, 1.82) is 0 Å². The molecule has 154 valence electrons. The highest BCUT2D eigenvalue weighted by Crippen LogP contribution is 2.39. The van der Waals surface area contributed by atoms with E-state index in [0.29, 0.717) is 44.5 Å². The van der Waals surface area contributed by atoms with E-state index in [0.717, 1.165) is 12.2 Å². The Bertz CT molecular complexity index is 1360. The number of hydrogen-bond acceptors (Lipinski definition) is 5. The summed E-state index contributed by atoms with van der Waals surface area (Å²) >= 11 is 0. The van der Waals surface area contributed by atoms with Gasteiger partial charge >= 0.3 is 11.9 Å². The normalized spacial score (nSPS) is 10.8. The third-order valence-electron chi connectivity index (χ3n) is 4.88. The summed E-state index contributed by atoms with van der Waals surface area (Å²) in [5.74, 6) is -1.03. The van der Waals surface area contributed by atoms with E-state index in [1.54, 1.807) is 55.5 Å². The minimum atomic E-state index is -0.589. The van der Waals surface area contributed by atoms with Gasteiger partial charge in [-0.1, -0.05) is 31.4 Å². The third kappa shape index (κ3) is 3.59. The maximum Gasteiger partial charge on any atom is 0.335 e. The SMILES string of the molecule is C=CC(=O)Oc1ccc(-c2ccc3c(oc4c(C)c(OC(=O)C=C)ccc43)c2F)cc1. The van der Waals surface area contributed by atoms with Crippen molar-refractivity contribution in [2.75, 3.05) is 0 Å². The molecule has 0 aliphatic heterocycles. The van der Waals surface area contributed by atoms with Gasteiger partial charge in [-0.2, -0.15) is 0 Å². The number of esters is 2. The second kappa shape index (κ2) is 7.91. The summed E-state index contributed by atoms with van der Waals surface area (Å²) in [5, 5.41) is 1.32. The first-order valence-electron chi connectivity index (χ1n) is 9.36. The van der Waals surface area contributed by atoms with E-state index in [1.807, 2.05) is 0 Å². The van der Waals surface area contributed by atoms with E-state index in [4.69, 9.17) is 13.9 Å². The van der Waals surface area contributed by atoms with E-state index < -0.39 is 17.8 Å². The molecule has 31 heavy (non-hydrogen) atoms. The molecule has 6 heteroatoms. The largest absolute Gasteiger partial charge is 0.453 e. The van der Waals surface area contributed by atoms with Crippen LogP contribution in [-0.2, 0) is 9.59 Å². The van der Waals surface area contributed by atoms with E-state index >= 15 is 4.39 Å². The van der Waals surface area contributed by atoms with Gasteiger partial charge in [0, 0.05) is 34.1 Å². The Morgan fingerprint density at radius 3 is 2.16 bits per heavy atom. The second-order valence-electron chi connectivity index (χ2n) is 6.75. The molecule has 0 amide bonds. The second-order valence-corrected chi connectivity index (χ2v) is 6.75. The molecule has 0 unspecified atom stereocenters. The number of furan rings is 1. The molecular formula is C25H17FO5. The van der Waals surface area contributed by atoms with Crippen molar-refractivity contribution in [2.24, 2.45) is 0 Å². The summed E-state index contributed by atoms with van der Waals surface area (Å²) in [6, 6.07) is 13.3. The van der Waals surface area contributed by atoms with Crippen molar-refractivity contribution >= 4 is 33.9 Å². The molecular weight excluding hydrogens is 399 g/mol. The van der Waals surface area contributed by atoms with Gasteiger partial charge in [-0.25, -0.2) is 14.0 Å². The molecule has 0 saturated heterocycles. The minimum Gasteiger partial charge on any atom is -0.453 e. The van der Waals surface area contributed by atoms with Crippen LogP contribution in [0.5, 0.6) is 11.5 Å². The van der Waals surface area contributed by atoms with Crippen molar-refractivity contribution in [3.63, 3.8) is 0 Å². The van der Waals surface area contributed by atoms with Crippen molar-refractivity contribution < 1.29 is 27.9 Å². The fraction of sp³-hybridized carbons (Fsp3) is 0.0400. The average molecular weight is 416 g/mol. The van der Waals surface area contributed by atoms with Gasteiger partial charge in [-0.05, 0) is 42.8 Å². The molecule has 0 atom stereocenters. The fourth-order valence-corrected chi connectivity index (χ4v) is 3.33. The first kappa shape index (κ1) is 20.1. The first-order chi connectivity index (χ1) is 14.9. The van der Waals surface area contributed by atoms with Gasteiger partial charge < -0.3 is 13.9 Å². The molecule has 0 bridgehead atoms. The van der Waals surface area contributed by atoms with Crippen LogP contribution in [-0.4, -0.2) is 11.9 Å². The van der Waals surface area contributed by atoms with Gasteiger partial charge in [-0.15, -0.1) is 0 Å². The van der Waals surface area contributed by atoms with E-state index in [1.165, 1.54) is 0 Å². The molecule has 4 rings (SSSR count). The van der Waals surface area contributed by atoms with Crippen molar-refractivity contribution in [3.05, 3.63) is 85.2 Å². The van der Waals surface area contributed by atoms with E-state index in [2.05, 4.69) is 13.2 Å². The van der Waals surface area contributed by atoms with Gasteiger partial charge in [0.15, 0.2) is 11.4 Å². The average Bonchev–Trinajstić information content (AvgIpc) is 3.17. The summed E-state index contributed by atoms with van der Waals surface area (Å²) in [5.41, 5.74) is 2.05. The molecule has 0 saturated carbocycles. The summed E-state index contributed by atoms with van der Waals surface area (Å²) in [6.07, 6.45) is 2.13. The van der Waals surface area contributed by atoms with E-state index in [9.17, 15) is 9.59 Å². The maximum absolute atomic E-state index is 15.4. The van der Waals surface area contributed by atoms with Crippen LogP contribution in [0, 0.1) is 12.7 Å². The van der Waals surface area contributed by atoms with Gasteiger partial charge in [-0.3, -0.25) is 0 Å². The Hall–Kier alpha value is -4.19. The lowest BCUT2D eigenvalue weighted by molar-refractivity contribution is -0.129. The first-order valence-corrected chi connectivity index (χ1v) is 9.36. The Morgan fingerprint density at radius 2 is 1.48 bits per heavy atom. The number of benzene rings is 3. The van der Waals surface area contributed by atoms with Crippen LogP contribution in [0.3, 0.4) is 0 Å². The Labute approximate surface area is 177 Å². The summed E-state index contributed by atoms with van der Waals surface area (Å²) in [4.78, 5) is 22.8. The van der Waals surface area contributed by atoms with Gasteiger partial charge in [0.2, 0.25) is 0 Å². The molecule has 0 radical (unpaired) electrons. The lowest BCUT2D eigenvalue weighted by Crippen LogP contribution is -2.04. The lowest BCUT2D eigenvalue weighted by atomic mass is 10.0. The number of halogens is 1. The standard InChI is InChI=1S/C25H17FO5/c1-4-21(27)29-16-8-6-15(7-9-16)17-10-11-19-18-12-13-20(30-22(28)5-2)14(3)24(18)31-25(19)23(17)26/h4-13H,1-2H2,3H3. The Kier molecular flexibility index (Phi) is 5.13. The Balaban J connectivity index is 1.78. The molecule has 1 heterocycles. The number of rotatable bonds is 5. The number of hydrogen-bond donors (Lipinski definition) is 0. The van der Waals surface area contributed by atoms with Crippen LogP contribution in [0.1, 0.15) is 5.56 Å². The Morgan fingerprint density at radius 1 is 0.871 bits per heavy atom. The van der Waals surface area contributed by atoms with Crippen molar-refractivity contribution in [3.8, 4) is 22.6 Å². The zero-order chi connectivity index (χ0) is 22.1. The molecule has 0 N–H and O–H groups in total. The van der Waals surface area contributed by atoms with Crippen LogP contribution in [0.15, 0.2) is 78.3 Å². The lowest BCUT2D eigenvalue weighted by Gasteiger charge is -2.06. The van der Waals surface area contributed by atoms with Crippen LogP contribution >= 0.6 is 0 Å². The van der Waals surface area contributed by atoms with E-state index in [-0.39, 0.29) is 5.58 Å². The highest BCUT2D eigenvalue weighted by Gasteiger charge is 2.19. The fourth-order valence-electron chi connectivity index (χ4n) is 3.33. The molecule has 0 spiro atoms. The molecule has 0 aliphatic carbocycles. The zero-order valence-corrected chi connectivity index (χ0v) is 16.6. The molecule has 5 nitrogen and oxygen atoms in total. The minimum absolute atomic E-state index is 0.102.